The molecule has 0 heterocycles. The molecule has 0 spiro atoms. The summed E-state index contributed by atoms with van der Waals surface area (Å²) >= 11 is 0. The molecule has 5 nitrogen and oxygen atoms in total. The van der Waals surface area contributed by atoms with Crippen LogP contribution in [0.4, 0.5) is 4.79 Å². The lowest BCUT2D eigenvalue weighted by atomic mass is 9.88. The Morgan fingerprint density at radius 1 is 1.37 bits per heavy atom. The molecule has 1 aliphatic rings. The Hall–Kier alpha value is -1.26. The summed E-state index contributed by atoms with van der Waals surface area (Å²) in [7, 11) is 1.78. The van der Waals surface area contributed by atoms with Crippen LogP contribution in [0.3, 0.4) is 0 Å². The van der Waals surface area contributed by atoms with Gasteiger partial charge in [0, 0.05) is 20.1 Å². The van der Waals surface area contributed by atoms with Crippen molar-refractivity contribution in [2.45, 2.75) is 46.0 Å². The van der Waals surface area contributed by atoms with Gasteiger partial charge < -0.3 is 15.3 Å². The predicted molar refractivity (Wildman–Crippen MR) is 74.0 cm³/mol. The average Bonchev–Trinajstić information content (AvgIpc) is 2.87. The molecular weight excluding hydrogens is 244 g/mol. The second kappa shape index (κ2) is 6.78. The number of carbonyl (C=O) groups excluding carboxylic acids is 1. The number of amides is 2. The normalized spacial score (nSPS) is 18.9. The fourth-order valence-corrected chi connectivity index (χ4v) is 2.42. The lowest BCUT2D eigenvalue weighted by molar-refractivity contribution is -0.147. The van der Waals surface area contributed by atoms with Crippen LogP contribution in [-0.4, -0.2) is 42.1 Å². The predicted octanol–water partition coefficient (Wildman–Crippen LogP) is 2.32. The molecule has 0 bridgehead atoms. The minimum absolute atomic E-state index is 0.173. The number of carboxylic acid groups (broad SMARTS) is 1. The van der Waals surface area contributed by atoms with Crippen LogP contribution in [0.1, 0.15) is 46.0 Å². The number of hydrogen-bond donors (Lipinski definition) is 2. The van der Waals surface area contributed by atoms with Crippen LogP contribution in [0.5, 0.6) is 0 Å². The highest BCUT2D eigenvalue weighted by molar-refractivity contribution is 5.77. The molecule has 2 amide bonds. The fourth-order valence-electron chi connectivity index (χ4n) is 2.42. The van der Waals surface area contributed by atoms with Gasteiger partial charge in [-0.2, -0.15) is 0 Å². The average molecular weight is 270 g/mol. The Morgan fingerprint density at radius 2 is 1.95 bits per heavy atom. The summed E-state index contributed by atoms with van der Waals surface area (Å²) < 4.78 is 0. The number of aliphatic carboxylic acids is 1. The van der Waals surface area contributed by atoms with Gasteiger partial charge in [0.15, 0.2) is 0 Å². The van der Waals surface area contributed by atoms with E-state index in [1.54, 1.807) is 18.9 Å². The zero-order valence-corrected chi connectivity index (χ0v) is 12.2. The van der Waals surface area contributed by atoms with Gasteiger partial charge in [-0.05, 0) is 32.1 Å². The maximum atomic E-state index is 11.9. The van der Waals surface area contributed by atoms with Gasteiger partial charge in [-0.15, -0.1) is 0 Å². The van der Waals surface area contributed by atoms with Gasteiger partial charge in [0.25, 0.3) is 0 Å². The lowest BCUT2D eigenvalue weighted by Gasteiger charge is -2.26. The minimum atomic E-state index is -0.885. The molecule has 1 rings (SSSR count). The first kappa shape index (κ1) is 15.8. The molecule has 1 unspecified atom stereocenters. The molecule has 0 aromatic heterocycles. The number of hydrogen-bond acceptors (Lipinski definition) is 2. The molecule has 2 N–H and O–H groups in total. The summed E-state index contributed by atoms with van der Waals surface area (Å²) in [5.41, 5.74) is -0.885. The minimum Gasteiger partial charge on any atom is -0.481 e. The number of carbonyl (C=O) groups is 2. The van der Waals surface area contributed by atoms with E-state index in [1.165, 1.54) is 25.7 Å². The van der Waals surface area contributed by atoms with Crippen LogP contribution < -0.4 is 5.32 Å². The quantitative estimate of drug-likeness (QED) is 0.778. The van der Waals surface area contributed by atoms with E-state index < -0.39 is 11.4 Å². The van der Waals surface area contributed by atoms with Gasteiger partial charge in [-0.1, -0.05) is 19.8 Å². The molecule has 0 saturated heterocycles. The highest BCUT2D eigenvalue weighted by Crippen LogP contribution is 2.25. The van der Waals surface area contributed by atoms with Crippen molar-refractivity contribution in [3.05, 3.63) is 0 Å². The van der Waals surface area contributed by atoms with Gasteiger partial charge in [-0.25, -0.2) is 4.79 Å². The van der Waals surface area contributed by atoms with Gasteiger partial charge >= 0.3 is 12.0 Å². The van der Waals surface area contributed by atoms with E-state index in [0.29, 0.717) is 12.3 Å². The second-order valence-electron chi connectivity index (χ2n) is 5.91. The maximum Gasteiger partial charge on any atom is 0.317 e. The zero-order chi connectivity index (χ0) is 14.5. The summed E-state index contributed by atoms with van der Waals surface area (Å²) in [6.45, 7) is 4.42. The molecule has 1 atom stereocenters. The number of rotatable bonds is 6. The van der Waals surface area contributed by atoms with E-state index >= 15 is 0 Å². The largest absolute Gasteiger partial charge is 0.481 e. The van der Waals surface area contributed by atoms with E-state index in [1.807, 2.05) is 6.92 Å². The Balaban J connectivity index is 2.39. The van der Waals surface area contributed by atoms with Crippen molar-refractivity contribution in [2.75, 3.05) is 20.1 Å². The first-order valence-electron chi connectivity index (χ1n) is 7.11. The third kappa shape index (κ3) is 4.40. The highest BCUT2D eigenvalue weighted by Gasteiger charge is 2.32. The Labute approximate surface area is 115 Å². The van der Waals surface area contributed by atoms with E-state index in [2.05, 4.69) is 5.32 Å². The maximum absolute atomic E-state index is 11.9. The Bertz CT molecular complexity index is 327. The van der Waals surface area contributed by atoms with Crippen molar-refractivity contribution in [1.29, 1.82) is 0 Å². The van der Waals surface area contributed by atoms with Crippen LogP contribution in [0.25, 0.3) is 0 Å². The third-order valence-electron chi connectivity index (χ3n) is 4.28. The number of urea groups is 1. The molecule has 1 fully saturated rings. The van der Waals surface area contributed by atoms with Crippen molar-refractivity contribution >= 4 is 12.0 Å². The lowest BCUT2D eigenvalue weighted by Crippen LogP contribution is -2.46. The molecule has 19 heavy (non-hydrogen) atoms. The summed E-state index contributed by atoms with van der Waals surface area (Å²) in [6.07, 6.45) is 5.40. The number of nitrogens with zero attached hydrogens (tertiary/aromatic N) is 1. The van der Waals surface area contributed by atoms with Crippen molar-refractivity contribution in [3.8, 4) is 0 Å². The van der Waals surface area contributed by atoms with Crippen LogP contribution in [0.2, 0.25) is 0 Å². The first-order valence-corrected chi connectivity index (χ1v) is 7.11. The molecule has 0 aromatic rings. The van der Waals surface area contributed by atoms with Crippen LogP contribution in [-0.2, 0) is 4.79 Å². The smallest absolute Gasteiger partial charge is 0.317 e. The number of carboxylic acids is 1. The molecule has 0 radical (unpaired) electrons. The summed E-state index contributed by atoms with van der Waals surface area (Å²) in [6, 6.07) is -0.173. The van der Waals surface area contributed by atoms with E-state index in [-0.39, 0.29) is 12.6 Å². The van der Waals surface area contributed by atoms with E-state index in [0.717, 1.165) is 6.54 Å². The molecule has 110 valence electrons. The van der Waals surface area contributed by atoms with Gasteiger partial charge in [-0.3, -0.25) is 4.79 Å². The standard InChI is InChI=1S/C14H26N2O3/c1-4-14(2,12(17)18)10-15-13(19)16(3)9-11-7-5-6-8-11/h11H,4-10H2,1-3H3,(H,15,19)(H,17,18). The molecule has 5 heteroatoms. The molecule has 1 aliphatic carbocycles. The SMILES string of the molecule is CCC(C)(CNC(=O)N(C)CC1CCCC1)C(=O)O. The van der Waals surface area contributed by atoms with Gasteiger partial charge in [0.1, 0.15) is 0 Å². The number of nitrogens with one attached hydrogen (secondary N) is 1. The second-order valence-corrected chi connectivity index (χ2v) is 5.91. The van der Waals surface area contributed by atoms with Crippen LogP contribution in [0.15, 0.2) is 0 Å². The fraction of sp³-hybridized carbons (Fsp3) is 0.857. The third-order valence-corrected chi connectivity index (χ3v) is 4.28. The van der Waals surface area contributed by atoms with Crippen molar-refractivity contribution in [2.24, 2.45) is 11.3 Å². The van der Waals surface area contributed by atoms with Crippen molar-refractivity contribution < 1.29 is 14.7 Å². The summed E-state index contributed by atoms with van der Waals surface area (Å²) in [5.74, 6) is -0.262. The first-order chi connectivity index (χ1) is 8.89. The van der Waals surface area contributed by atoms with E-state index in [4.69, 9.17) is 5.11 Å². The Kier molecular flexibility index (Phi) is 5.63. The monoisotopic (exact) mass is 270 g/mol. The van der Waals surface area contributed by atoms with Crippen LogP contribution >= 0.6 is 0 Å². The molecule has 1 saturated carbocycles. The van der Waals surface area contributed by atoms with E-state index in [9.17, 15) is 9.59 Å². The Morgan fingerprint density at radius 3 is 2.42 bits per heavy atom. The van der Waals surface area contributed by atoms with Crippen molar-refractivity contribution in [1.82, 2.24) is 10.2 Å². The van der Waals surface area contributed by atoms with Crippen LogP contribution in [0, 0.1) is 11.3 Å². The molecule has 0 aromatic carbocycles. The summed E-state index contributed by atoms with van der Waals surface area (Å²) in [5, 5.41) is 11.9. The van der Waals surface area contributed by atoms with Gasteiger partial charge in [0.05, 0.1) is 5.41 Å². The topological polar surface area (TPSA) is 69.6 Å². The summed E-state index contributed by atoms with van der Waals surface area (Å²) in [4.78, 5) is 24.8. The molecule has 0 aliphatic heterocycles. The zero-order valence-electron chi connectivity index (χ0n) is 12.2. The van der Waals surface area contributed by atoms with Gasteiger partial charge in [0.2, 0.25) is 0 Å². The highest BCUT2D eigenvalue weighted by atomic mass is 16.4. The van der Waals surface area contributed by atoms with Crippen molar-refractivity contribution in [3.63, 3.8) is 0 Å². The molecular formula is C14H26N2O3.